The summed E-state index contributed by atoms with van der Waals surface area (Å²) in [5.74, 6) is 0.0347. The zero-order valence-corrected chi connectivity index (χ0v) is 20.1. The molecule has 7 aromatic heterocycles. The number of nitrogens with one attached hydrogen (secondary N) is 2. The second kappa shape index (κ2) is 8.06. The van der Waals surface area contributed by atoms with Gasteiger partial charge in [0.05, 0.1) is 40.7 Å². The Balaban J connectivity index is 1.72. The number of rotatable bonds is 3. The van der Waals surface area contributed by atoms with Crippen LogP contribution < -0.4 is 0 Å². The fourth-order valence-electron chi connectivity index (χ4n) is 4.60. The van der Waals surface area contributed by atoms with Crippen LogP contribution in [0.5, 0.6) is 0 Å². The lowest BCUT2D eigenvalue weighted by atomic mass is 10.2. The van der Waals surface area contributed by atoms with Gasteiger partial charge >= 0.3 is 0 Å². The number of H-pyrrole nitrogens is 2. The van der Waals surface area contributed by atoms with E-state index in [-0.39, 0.29) is 5.91 Å². The fourth-order valence-corrected chi connectivity index (χ4v) is 5.65. The summed E-state index contributed by atoms with van der Waals surface area (Å²) in [7, 11) is 0. The van der Waals surface area contributed by atoms with Gasteiger partial charge in [-0.1, -0.05) is 13.3 Å². The molecular weight excluding hydrogens is 472 g/mol. The lowest BCUT2D eigenvalue weighted by Crippen LogP contribution is -2.10. The number of carbonyl (C=O) groups excluding carboxylic acids is 1. The predicted octanol–water partition coefficient (Wildman–Crippen LogP) is 6.05. The highest BCUT2D eigenvalue weighted by Gasteiger charge is 2.13. The van der Waals surface area contributed by atoms with E-state index in [1.807, 2.05) is 30.5 Å². The molecule has 8 bridgehead atoms. The van der Waals surface area contributed by atoms with Gasteiger partial charge in [0.15, 0.2) is 5.65 Å². The Hall–Kier alpha value is -4.44. The third-order valence-corrected chi connectivity index (χ3v) is 7.52. The third-order valence-electron chi connectivity index (χ3n) is 6.41. The van der Waals surface area contributed by atoms with Crippen LogP contribution in [0.2, 0.25) is 0 Å². The van der Waals surface area contributed by atoms with E-state index in [4.69, 9.17) is 4.98 Å². The van der Waals surface area contributed by atoms with Crippen LogP contribution in [0.15, 0.2) is 55.2 Å². The van der Waals surface area contributed by atoms with Crippen molar-refractivity contribution >= 4 is 81.7 Å². The number of fused-ring (bicyclic) bond motifs is 9. The maximum absolute atomic E-state index is 13.5. The number of carbonyl (C=O) groups is 1. The van der Waals surface area contributed by atoms with Gasteiger partial charge in [-0.05, 0) is 30.7 Å². The number of pyridine rings is 3. The molecule has 9 nitrogen and oxygen atoms in total. The molecule has 2 N–H and O–H groups in total. The van der Waals surface area contributed by atoms with Crippen molar-refractivity contribution in [2.75, 3.05) is 0 Å². The molecule has 0 saturated carbocycles. The average molecular weight is 493 g/mol. The van der Waals surface area contributed by atoms with Gasteiger partial charge in [-0.3, -0.25) is 29.4 Å². The quantitative estimate of drug-likeness (QED) is 0.310. The van der Waals surface area contributed by atoms with Crippen molar-refractivity contribution in [3.63, 3.8) is 0 Å². The summed E-state index contributed by atoms with van der Waals surface area (Å²) in [5.41, 5.74) is 5.24. The first-order valence-electron chi connectivity index (χ1n) is 11.8. The predicted molar refractivity (Wildman–Crippen MR) is 143 cm³/mol. The summed E-state index contributed by atoms with van der Waals surface area (Å²) >= 11 is 1.53. The van der Waals surface area contributed by atoms with E-state index >= 15 is 0 Å². The van der Waals surface area contributed by atoms with Crippen LogP contribution in [-0.4, -0.2) is 45.6 Å². The zero-order chi connectivity index (χ0) is 24.2. The second-order valence-corrected chi connectivity index (χ2v) is 9.82. The molecule has 0 unspecified atom stereocenters. The van der Waals surface area contributed by atoms with E-state index in [2.05, 4.69) is 37.1 Å². The standard InChI is InChI=1S/C26H20N8OS/c1-2-3-4-22(35)34-15-7-14(9-27-10-15)18-8-16-19(13-29-18)32-33-25(16)26-30-20-12-28-11-17(24(20)31-26)21-5-6-23(34)36-21/h5-13H,2-4H2,1H3,(H,30,31)(H,32,33). The Morgan fingerprint density at radius 1 is 1.00 bits per heavy atom. The number of aromatic nitrogens is 8. The van der Waals surface area contributed by atoms with Crippen molar-refractivity contribution in [2.45, 2.75) is 26.2 Å². The van der Waals surface area contributed by atoms with Crippen LogP contribution in [0.3, 0.4) is 0 Å². The van der Waals surface area contributed by atoms with E-state index in [1.54, 1.807) is 29.4 Å². The highest BCUT2D eigenvalue weighted by Crippen LogP contribution is 2.30. The number of hydrogen-bond acceptors (Lipinski definition) is 7. The molecule has 0 spiro atoms. The molecule has 36 heavy (non-hydrogen) atoms. The molecule has 0 fully saturated rings. The normalized spacial score (nSPS) is 11.9. The van der Waals surface area contributed by atoms with Gasteiger partial charge in [-0.15, -0.1) is 11.3 Å². The Morgan fingerprint density at radius 2 is 1.92 bits per heavy atom. The molecule has 0 aliphatic heterocycles. The molecule has 0 aliphatic carbocycles. The Morgan fingerprint density at radius 3 is 2.83 bits per heavy atom. The summed E-state index contributed by atoms with van der Waals surface area (Å²) in [4.78, 5) is 36.2. The molecule has 0 saturated heterocycles. The minimum Gasteiger partial charge on any atom is -0.335 e. The van der Waals surface area contributed by atoms with Gasteiger partial charge < -0.3 is 4.98 Å². The van der Waals surface area contributed by atoms with Gasteiger partial charge in [0.2, 0.25) is 5.91 Å². The first-order valence-corrected chi connectivity index (χ1v) is 12.6. The van der Waals surface area contributed by atoms with Crippen molar-refractivity contribution in [3.05, 3.63) is 55.2 Å². The van der Waals surface area contributed by atoms with Crippen LogP contribution in [-0.2, 0) is 0 Å². The maximum atomic E-state index is 13.5. The highest BCUT2D eigenvalue weighted by molar-refractivity contribution is 7.24. The summed E-state index contributed by atoms with van der Waals surface area (Å²) < 4.78 is 2.74. The van der Waals surface area contributed by atoms with Crippen LogP contribution in [0.25, 0.3) is 64.4 Å². The summed E-state index contributed by atoms with van der Waals surface area (Å²) in [6, 6.07) is 7.94. The molecule has 0 aliphatic rings. The van der Waals surface area contributed by atoms with Crippen LogP contribution in [0.4, 0.5) is 0 Å². The van der Waals surface area contributed by atoms with Crippen LogP contribution >= 0.6 is 11.3 Å². The molecule has 7 heterocycles. The first kappa shape index (κ1) is 20.9. The lowest BCUT2D eigenvalue weighted by Gasteiger charge is -2.07. The van der Waals surface area contributed by atoms with Gasteiger partial charge in [0, 0.05) is 39.7 Å². The maximum Gasteiger partial charge on any atom is 0.232 e. The van der Waals surface area contributed by atoms with Crippen molar-refractivity contribution in [3.8, 4) is 0 Å². The minimum absolute atomic E-state index is 0.0347. The largest absolute Gasteiger partial charge is 0.335 e. The third kappa shape index (κ3) is 3.22. The van der Waals surface area contributed by atoms with Crippen molar-refractivity contribution in [1.82, 2.24) is 39.7 Å². The van der Waals surface area contributed by atoms with Crippen LogP contribution in [0, 0.1) is 0 Å². The molecule has 0 radical (unpaired) electrons. The molecule has 7 aromatic rings. The zero-order valence-electron chi connectivity index (χ0n) is 19.3. The number of thiophene rings is 1. The van der Waals surface area contributed by atoms with Gasteiger partial charge in [-0.2, -0.15) is 5.10 Å². The van der Waals surface area contributed by atoms with Crippen molar-refractivity contribution in [2.24, 2.45) is 0 Å². The van der Waals surface area contributed by atoms with Gasteiger partial charge in [0.25, 0.3) is 0 Å². The van der Waals surface area contributed by atoms with Crippen LogP contribution in [0.1, 0.15) is 31.0 Å². The number of unbranched alkanes of at least 4 members (excludes halogenated alkanes) is 1. The molecule has 0 aromatic carbocycles. The SMILES string of the molecule is CCCCC(=O)n1c2cncc(c2)c2cc3c(cn2)[nH]nc3c2nc3c(cncc3c3ccc1s3)[nH]2. The number of aromatic amines is 2. The van der Waals surface area contributed by atoms with Crippen molar-refractivity contribution < 1.29 is 4.79 Å². The number of hydrogen-bond donors (Lipinski definition) is 2. The summed E-state index contributed by atoms with van der Waals surface area (Å²) in [6.45, 7) is 2.09. The summed E-state index contributed by atoms with van der Waals surface area (Å²) in [6.07, 6.45) is 11.1. The average Bonchev–Trinajstić information content (AvgIpc) is 3.64. The first-order chi connectivity index (χ1) is 17.7. The van der Waals surface area contributed by atoms with E-state index in [1.165, 1.54) is 11.3 Å². The molecule has 7 rings (SSSR count). The number of nitrogens with zero attached hydrogens (tertiary/aromatic N) is 6. The fraction of sp³-hybridized carbons (Fsp3) is 0.154. The van der Waals surface area contributed by atoms with Crippen molar-refractivity contribution in [1.29, 1.82) is 0 Å². The summed E-state index contributed by atoms with van der Waals surface area (Å²) in [5, 5.41) is 10.2. The lowest BCUT2D eigenvalue weighted by molar-refractivity contribution is 0.0909. The molecule has 10 heteroatoms. The Kier molecular flexibility index (Phi) is 4.68. The van der Waals surface area contributed by atoms with E-state index in [9.17, 15) is 4.79 Å². The minimum atomic E-state index is 0.0347. The highest BCUT2D eigenvalue weighted by atomic mass is 32.1. The second-order valence-electron chi connectivity index (χ2n) is 8.76. The smallest absolute Gasteiger partial charge is 0.232 e. The topological polar surface area (TPSA) is 118 Å². The Labute approximate surface area is 207 Å². The molecule has 176 valence electrons. The number of imidazole rings is 1. The molecule has 0 amide bonds. The van der Waals surface area contributed by atoms with E-state index in [0.29, 0.717) is 23.1 Å². The van der Waals surface area contributed by atoms with E-state index < -0.39 is 0 Å². The molecule has 0 atom stereocenters. The molecular formula is C26H20N8OS. The monoisotopic (exact) mass is 492 g/mol. The van der Waals surface area contributed by atoms with Gasteiger partial charge in [0.1, 0.15) is 15.9 Å². The van der Waals surface area contributed by atoms with Gasteiger partial charge in [-0.25, -0.2) is 4.98 Å². The van der Waals surface area contributed by atoms with E-state index in [0.717, 1.165) is 60.6 Å². The Bertz CT molecular complexity index is 2030.